The number of para-hydroxylation sites is 2. The molecule has 110 valence electrons. The summed E-state index contributed by atoms with van der Waals surface area (Å²) in [7, 11) is 1.58. The van der Waals surface area contributed by atoms with Gasteiger partial charge >= 0.3 is 6.18 Å². The number of imidazole rings is 1. The van der Waals surface area contributed by atoms with E-state index in [1.54, 1.807) is 7.11 Å². The van der Waals surface area contributed by atoms with E-state index in [1.807, 2.05) is 28.8 Å². The number of fused-ring (bicyclic) bond motifs is 1. The molecule has 0 aliphatic heterocycles. The van der Waals surface area contributed by atoms with Gasteiger partial charge in [-0.1, -0.05) is 12.1 Å². The molecule has 4 nitrogen and oxygen atoms in total. The molecule has 0 radical (unpaired) electrons. The first-order valence-corrected chi connectivity index (χ1v) is 6.22. The van der Waals surface area contributed by atoms with Crippen molar-refractivity contribution in [3.8, 4) is 0 Å². The van der Waals surface area contributed by atoms with Gasteiger partial charge in [0.2, 0.25) is 0 Å². The largest absolute Gasteiger partial charge is 0.401 e. The number of hydrogen-bond donors (Lipinski definition) is 1. The highest BCUT2D eigenvalue weighted by Crippen LogP contribution is 2.17. The van der Waals surface area contributed by atoms with Crippen molar-refractivity contribution in [1.29, 1.82) is 0 Å². The van der Waals surface area contributed by atoms with E-state index in [9.17, 15) is 13.2 Å². The zero-order valence-electron chi connectivity index (χ0n) is 11.1. The first-order valence-electron chi connectivity index (χ1n) is 6.22. The first kappa shape index (κ1) is 14.8. The molecule has 1 N–H and O–H groups in total. The smallest absolute Gasteiger partial charge is 0.383 e. The van der Waals surface area contributed by atoms with Gasteiger partial charge in [-0.15, -0.1) is 0 Å². The fraction of sp³-hybridized carbons (Fsp3) is 0.462. The maximum absolute atomic E-state index is 12.2. The highest BCUT2D eigenvalue weighted by Gasteiger charge is 2.26. The van der Waals surface area contributed by atoms with Crippen molar-refractivity contribution in [2.24, 2.45) is 0 Å². The van der Waals surface area contributed by atoms with Crippen molar-refractivity contribution < 1.29 is 17.9 Å². The standard InChI is InChI=1S/C13H16F3N3O/c1-20-7-6-19-11-5-3-2-4-10(11)18-12(19)8-17-9-13(14,15)16/h2-5,17H,6-9H2,1H3. The van der Waals surface area contributed by atoms with Gasteiger partial charge in [0.15, 0.2) is 0 Å². The van der Waals surface area contributed by atoms with Gasteiger partial charge in [0.1, 0.15) is 5.82 Å². The second kappa shape index (κ2) is 6.23. The summed E-state index contributed by atoms with van der Waals surface area (Å²) in [5, 5.41) is 2.37. The van der Waals surface area contributed by atoms with Gasteiger partial charge in [-0.05, 0) is 12.1 Å². The van der Waals surface area contributed by atoms with Gasteiger partial charge in [-0.2, -0.15) is 13.2 Å². The van der Waals surface area contributed by atoms with E-state index >= 15 is 0 Å². The number of methoxy groups -OCH3 is 1. The summed E-state index contributed by atoms with van der Waals surface area (Å²) in [6.45, 7) is 0.0745. The Morgan fingerprint density at radius 3 is 2.75 bits per heavy atom. The summed E-state index contributed by atoms with van der Waals surface area (Å²) in [6.07, 6.45) is -4.22. The number of rotatable bonds is 6. The number of benzene rings is 1. The lowest BCUT2D eigenvalue weighted by Crippen LogP contribution is -2.29. The molecule has 0 bridgehead atoms. The quantitative estimate of drug-likeness (QED) is 0.886. The Morgan fingerprint density at radius 1 is 1.30 bits per heavy atom. The summed E-state index contributed by atoms with van der Waals surface area (Å²) in [6, 6.07) is 7.46. The molecule has 20 heavy (non-hydrogen) atoms. The van der Waals surface area contributed by atoms with Gasteiger partial charge in [-0.3, -0.25) is 0 Å². The third-order valence-corrected chi connectivity index (χ3v) is 2.86. The molecule has 1 heterocycles. The highest BCUT2D eigenvalue weighted by molar-refractivity contribution is 5.75. The predicted molar refractivity (Wildman–Crippen MR) is 69.4 cm³/mol. The van der Waals surface area contributed by atoms with Crippen molar-refractivity contribution in [3.05, 3.63) is 30.1 Å². The molecule has 7 heteroatoms. The molecule has 0 aliphatic carbocycles. The summed E-state index contributed by atoms with van der Waals surface area (Å²) < 4.78 is 43.4. The average Bonchev–Trinajstić information content (AvgIpc) is 2.72. The fourth-order valence-electron chi connectivity index (χ4n) is 2.01. The van der Waals surface area contributed by atoms with E-state index < -0.39 is 12.7 Å². The molecule has 0 atom stereocenters. The summed E-state index contributed by atoms with van der Waals surface area (Å²) in [5.41, 5.74) is 1.67. The van der Waals surface area contributed by atoms with Gasteiger partial charge in [-0.25, -0.2) is 4.98 Å². The molecule has 0 aliphatic rings. The minimum Gasteiger partial charge on any atom is -0.383 e. The number of halogens is 3. The number of alkyl halides is 3. The van der Waals surface area contributed by atoms with Crippen LogP contribution < -0.4 is 5.32 Å². The molecular formula is C13H16F3N3O. The maximum atomic E-state index is 12.2. The van der Waals surface area contributed by atoms with Crippen LogP contribution >= 0.6 is 0 Å². The molecule has 0 saturated carbocycles. The van der Waals surface area contributed by atoms with E-state index in [2.05, 4.69) is 10.3 Å². The third kappa shape index (κ3) is 3.71. The number of hydrogen-bond acceptors (Lipinski definition) is 3. The van der Waals surface area contributed by atoms with Crippen LogP contribution in [0.2, 0.25) is 0 Å². The zero-order valence-corrected chi connectivity index (χ0v) is 11.1. The van der Waals surface area contributed by atoms with Crippen LogP contribution in [0.4, 0.5) is 13.2 Å². The second-order valence-corrected chi connectivity index (χ2v) is 4.38. The van der Waals surface area contributed by atoms with Crippen molar-refractivity contribution >= 4 is 11.0 Å². The van der Waals surface area contributed by atoms with Gasteiger partial charge in [0.25, 0.3) is 0 Å². The first-order chi connectivity index (χ1) is 9.51. The Balaban J connectivity index is 2.17. The normalized spacial score (nSPS) is 12.2. The lowest BCUT2D eigenvalue weighted by molar-refractivity contribution is -0.125. The number of aromatic nitrogens is 2. The minimum absolute atomic E-state index is 0.0674. The lowest BCUT2D eigenvalue weighted by atomic mass is 10.3. The molecule has 0 saturated heterocycles. The van der Waals surface area contributed by atoms with Gasteiger partial charge in [0, 0.05) is 13.7 Å². The molecule has 0 unspecified atom stereocenters. The van der Waals surface area contributed by atoms with Crippen LogP contribution in [0.1, 0.15) is 5.82 Å². The van der Waals surface area contributed by atoms with Crippen molar-refractivity contribution in [2.75, 3.05) is 20.3 Å². The SMILES string of the molecule is COCCn1c(CNCC(F)(F)F)nc2ccccc21. The van der Waals surface area contributed by atoms with Crippen LogP contribution in [-0.2, 0) is 17.8 Å². The van der Waals surface area contributed by atoms with E-state index in [4.69, 9.17) is 4.74 Å². The maximum Gasteiger partial charge on any atom is 0.401 e. The summed E-state index contributed by atoms with van der Waals surface area (Å²) in [5.74, 6) is 0.576. The third-order valence-electron chi connectivity index (χ3n) is 2.86. The Morgan fingerprint density at radius 2 is 2.05 bits per heavy atom. The second-order valence-electron chi connectivity index (χ2n) is 4.38. The highest BCUT2D eigenvalue weighted by atomic mass is 19.4. The molecule has 0 fully saturated rings. The predicted octanol–water partition coefficient (Wildman–Crippen LogP) is 2.33. The topological polar surface area (TPSA) is 39.1 Å². The zero-order chi connectivity index (χ0) is 14.6. The van der Waals surface area contributed by atoms with Crippen LogP contribution in [0.3, 0.4) is 0 Å². The minimum atomic E-state index is -4.22. The number of nitrogens with zero attached hydrogens (tertiary/aromatic N) is 2. The molecule has 2 aromatic rings. The lowest BCUT2D eigenvalue weighted by Gasteiger charge is -2.10. The average molecular weight is 287 g/mol. The molecular weight excluding hydrogens is 271 g/mol. The molecule has 0 spiro atoms. The van der Waals surface area contributed by atoms with Crippen molar-refractivity contribution in [3.63, 3.8) is 0 Å². The van der Waals surface area contributed by atoms with Crippen LogP contribution in [0.25, 0.3) is 11.0 Å². The van der Waals surface area contributed by atoms with E-state index in [1.165, 1.54) is 0 Å². The Bertz CT molecular complexity index is 565. The molecule has 2 rings (SSSR count). The van der Waals surface area contributed by atoms with Crippen LogP contribution in [0.15, 0.2) is 24.3 Å². The molecule has 0 amide bonds. The van der Waals surface area contributed by atoms with Crippen LogP contribution in [-0.4, -0.2) is 36.0 Å². The van der Waals surface area contributed by atoms with Gasteiger partial charge in [0.05, 0.1) is 30.7 Å². The Hall–Kier alpha value is -1.60. The van der Waals surface area contributed by atoms with Crippen molar-refractivity contribution in [2.45, 2.75) is 19.3 Å². The summed E-state index contributed by atoms with van der Waals surface area (Å²) >= 11 is 0. The molecule has 1 aromatic heterocycles. The Kier molecular flexibility index (Phi) is 4.61. The Labute approximate surface area is 114 Å². The monoisotopic (exact) mass is 287 g/mol. The van der Waals surface area contributed by atoms with E-state index in [0.717, 1.165) is 11.0 Å². The van der Waals surface area contributed by atoms with E-state index in [-0.39, 0.29) is 6.54 Å². The fourth-order valence-corrected chi connectivity index (χ4v) is 2.01. The number of nitrogens with one attached hydrogen (secondary N) is 1. The van der Waals surface area contributed by atoms with Crippen LogP contribution in [0, 0.1) is 0 Å². The van der Waals surface area contributed by atoms with Gasteiger partial charge < -0.3 is 14.6 Å². The summed E-state index contributed by atoms with van der Waals surface area (Å²) in [4.78, 5) is 4.36. The number of ether oxygens (including phenoxy) is 1. The van der Waals surface area contributed by atoms with E-state index in [0.29, 0.717) is 19.0 Å². The van der Waals surface area contributed by atoms with Crippen LogP contribution in [0.5, 0.6) is 0 Å². The molecule has 1 aromatic carbocycles. The van der Waals surface area contributed by atoms with Crippen molar-refractivity contribution in [1.82, 2.24) is 14.9 Å².